The zero-order valence-corrected chi connectivity index (χ0v) is 10.8. The number of nitrogen functional groups attached to an aromatic ring is 1. The summed E-state index contributed by atoms with van der Waals surface area (Å²) < 4.78 is 7.15. The lowest BCUT2D eigenvalue weighted by molar-refractivity contribution is 0.0949. The first-order chi connectivity index (χ1) is 9.20. The summed E-state index contributed by atoms with van der Waals surface area (Å²) in [6.07, 6.45) is 3.91. The Morgan fingerprint density at radius 2 is 2.11 bits per heavy atom. The summed E-state index contributed by atoms with van der Waals surface area (Å²) in [7, 11) is 1.52. The highest BCUT2D eigenvalue weighted by Gasteiger charge is 2.11. The number of amides is 1. The van der Waals surface area contributed by atoms with Crippen LogP contribution in [-0.2, 0) is 6.54 Å². The minimum atomic E-state index is -0.163. The van der Waals surface area contributed by atoms with E-state index in [1.165, 1.54) is 7.11 Å². The molecular weight excluding hydrogens is 242 g/mol. The maximum absolute atomic E-state index is 12.0. The van der Waals surface area contributed by atoms with Crippen LogP contribution in [0, 0.1) is 0 Å². The summed E-state index contributed by atoms with van der Waals surface area (Å²) in [5, 5.41) is 2.85. The number of benzene rings is 1. The molecule has 0 aliphatic heterocycles. The number of hydrogen-bond acceptors (Lipinski definition) is 3. The van der Waals surface area contributed by atoms with Crippen molar-refractivity contribution in [3.8, 4) is 5.75 Å². The van der Waals surface area contributed by atoms with Gasteiger partial charge in [-0.2, -0.15) is 0 Å². The van der Waals surface area contributed by atoms with Crippen LogP contribution in [0.1, 0.15) is 10.4 Å². The van der Waals surface area contributed by atoms with Gasteiger partial charge in [0.25, 0.3) is 5.91 Å². The normalized spacial score (nSPS) is 10.2. The maximum Gasteiger partial charge on any atom is 0.255 e. The molecule has 0 bridgehead atoms. The van der Waals surface area contributed by atoms with E-state index in [-0.39, 0.29) is 5.91 Å². The highest BCUT2D eigenvalue weighted by atomic mass is 16.5. The molecule has 100 valence electrons. The number of carbonyl (C=O) groups is 1. The quantitative estimate of drug-likeness (QED) is 0.800. The minimum Gasteiger partial charge on any atom is -0.496 e. The monoisotopic (exact) mass is 259 g/mol. The highest BCUT2D eigenvalue weighted by molar-refractivity contribution is 5.97. The van der Waals surface area contributed by atoms with Crippen molar-refractivity contribution >= 4 is 11.6 Å². The Morgan fingerprint density at radius 3 is 2.79 bits per heavy atom. The van der Waals surface area contributed by atoms with Gasteiger partial charge in [0.2, 0.25) is 0 Å². The van der Waals surface area contributed by atoms with E-state index in [0.29, 0.717) is 23.5 Å². The summed E-state index contributed by atoms with van der Waals surface area (Å²) in [5.74, 6) is 0.322. The van der Waals surface area contributed by atoms with E-state index in [1.54, 1.807) is 18.2 Å². The lowest BCUT2D eigenvalue weighted by Gasteiger charge is -2.10. The molecule has 0 atom stereocenters. The Kier molecular flexibility index (Phi) is 4.07. The topological polar surface area (TPSA) is 69.3 Å². The third-order valence-corrected chi connectivity index (χ3v) is 2.79. The summed E-state index contributed by atoms with van der Waals surface area (Å²) in [5.41, 5.74) is 6.71. The van der Waals surface area contributed by atoms with Crippen molar-refractivity contribution < 1.29 is 9.53 Å². The van der Waals surface area contributed by atoms with Crippen LogP contribution in [0.15, 0.2) is 42.7 Å². The van der Waals surface area contributed by atoms with E-state index in [2.05, 4.69) is 5.32 Å². The molecule has 0 aliphatic carbocycles. The molecular formula is C14H17N3O2. The SMILES string of the molecule is COc1cc(N)ccc1C(=O)NCCn1cccc1. The Hall–Kier alpha value is -2.43. The van der Waals surface area contributed by atoms with E-state index in [4.69, 9.17) is 10.5 Å². The van der Waals surface area contributed by atoms with Crippen LogP contribution >= 0.6 is 0 Å². The van der Waals surface area contributed by atoms with Gasteiger partial charge >= 0.3 is 0 Å². The molecule has 1 amide bonds. The van der Waals surface area contributed by atoms with Crippen molar-refractivity contribution in [2.24, 2.45) is 0 Å². The fraction of sp³-hybridized carbons (Fsp3) is 0.214. The number of methoxy groups -OCH3 is 1. The van der Waals surface area contributed by atoms with Gasteiger partial charge in [0, 0.05) is 37.2 Å². The molecule has 1 aromatic heterocycles. The lowest BCUT2D eigenvalue weighted by atomic mass is 10.1. The molecule has 1 heterocycles. The number of carbonyl (C=O) groups excluding carboxylic acids is 1. The Bertz CT molecular complexity index is 550. The smallest absolute Gasteiger partial charge is 0.255 e. The second-order valence-electron chi connectivity index (χ2n) is 4.14. The summed E-state index contributed by atoms with van der Waals surface area (Å²) in [6, 6.07) is 8.89. The van der Waals surface area contributed by atoms with Crippen molar-refractivity contribution in [3.63, 3.8) is 0 Å². The first-order valence-electron chi connectivity index (χ1n) is 6.03. The molecule has 1 aromatic carbocycles. The zero-order valence-electron chi connectivity index (χ0n) is 10.8. The molecule has 0 radical (unpaired) electrons. The first-order valence-corrected chi connectivity index (χ1v) is 6.03. The number of nitrogens with one attached hydrogen (secondary N) is 1. The van der Waals surface area contributed by atoms with E-state index in [0.717, 1.165) is 6.54 Å². The van der Waals surface area contributed by atoms with E-state index in [9.17, 15) is 4.79 Å². The second-order valence-corrected chi connectivity index (χ2v) is 4.14. The molecule has 0 aliphatic rings. The number of anilines is 1. The number of nitrogens with two attached hydrogens (primary N) is 1. The number of nitrogens with zero attached hydrogens (tertiary/aromatic N) is 1. The number of aromatic nitrogens is 1. The molecule has 0 saturated heterocycles. The summed E-state index contributed by atoms with van der Waals surface area (Å²) in [6.45, 7) is 1.29. The van der Waals surface area contributed by atoms with Gasteiger partial charge < -0.3 is 20.4 Å². The number of rotatable bonds is 5. The van der Waals surface area contributed by atoms with Crippen LogP contribution in [0.2, 0.25) is 0 Å². The number of hydrogen-bond donors (Lipinski definition) is 2. The predicted molar refractivity (Wildman–Crippen MR) is 74.2 cm³/mol. The fourth-order valence-electron chi connectivity index (χ4n) is 1.81. The van der Waals surface area contributed by atoms with Gasteiger partial charge in [0.05, 0.1) is 12.7 Å². The number of ether oxygens (including phenoxy) is 1. The van der Waals surface area contributed by atoms with Crippen molar-refractivity contribution in [2.75, 3.05) is 19.4 Å². The Morgan fingerprint density at radius 1 is 1.37 bits per heavy atom. The van der Waals surface area contributed by atoms with Crippen LogP contribution < -0.4 is 15.8 Å². The molecule has 3 N–H and O–H groups in total. The van der Waals surface area contributed by atoms with Crippen LogP contribution in [-0.4, -0.2) is 24.1 Å². The summed E-state index contributed by atoms with van der Waals surface area (Å²) in [4.78, 5) is 12.0. The standard InChI is InChI=1S/C14H17N3O2/c1-19-13-10-11(15)4-5-12(13)14(18)16-6-9-17-7-2-3-8-17/h2-5,7-8,10H,6,9,15H2,1H3,(H,16,18). The highest BCUT2D eigenvalue weighted by Crippen LogP contribution is 2.21. The van der Waals surface area contributed by atoms with Crippen molar-refractivity contribution in [1.29, 1.82) is 0 Å². The molecule has 2 rings (SSSR count). The lowest BCUT2D eigenvalue weighted by Crippen LogP contribution is -2.27. The van der Waals surface area contributed by atoms with E-state index in [1.807, 2.05) is 29.1 Å². The third-order valence-electron chi connectivity index (χ3n) is 2.79. The Labute approximate surface area is 112 Å². The van der Waals surface area contributed by atoms with Crippen molar-refractivity contribution in [2.45, 2.75) is 6.54 Å². The molecule has 0 unspecified atom stereocenters. The van der Waals surface area contributed by atoms with Crippen molar-refractivity contribution in [3.05, 3.63) is 48.3 Å². The van der Waals surface area contributed by atoms with E-state index < -0.39 is 0 Å². The Balaban J connectivity index is 1.96. The van der Waals surface area contributed by atoms with Gasteiger partial charge in [-0.1, -0.05) is 0 Å². The average molecular weight is 259 g/mol. The summed E-state index contributed by atoms with van der Waals surface area (Å²) >= 11 is 0. The van der Waals surface area contributed by atoms with Gasteiger partial charge in [-0.15, -0.1) is 0 Å². The van der Waals surface area contributed by atoms with Gasteiger partial charge in [0.1, 0.15) is 5.75 Å². The largest absolute Gasteiger partial charge is 0.496 e. The van der Waals surface area contributed by atoms with Gasteiger partial charge in [-0.05, 0) is 24.3 Å². The third kappa shape index (κ3) is 3.28. The van der Waals surface area contributed by atoms with Crippen molar-refractivity contribution in [1.82, 2.24) is 9.88 Å². The molecule has 0 saturated carbocycles. The molecule has 0 spiro atoms. The second kappa shape index (κ2) is 5.95. The first kappa shape index (κ1) is 13.0. The van der Waals surface area contributed by atoms with Crippen LogP contribution in [0.5, 0.6) is 5.75 Å². The van der Waals surface area contributed by atoms with Gasteiger partial charge in [-0.25, -0.2) is 0 Å². The zero-order chi connectivity index (χ0) is 13.7. The average Bonchev–Trinajstić information content (AvgIpc) is 2.91. The van der Waals surface area contributed by atoms with Gasteiger partial charge in [0.15, 0.2) is 0 Å². The predicted octanol–water partition coefficient (Wildman–Crippen LogP) is 1.51. The van der Waals surface area contributed by atoms with Crippen LogP contribution in [0.25, 0.3) is 0 Å². The molecule has 5 heteroatoms. The van der Waals surface area contributed by atoms with Crippen LogP contribution in [0.4, 0.5) is 5.69 Å². The molecule has 5 nitrogen and oxygen atoms in total. The minimum absolute atomic E-state index is 0.163. The maximum atomic E-state index is 12.0. The van der Waals surface area contributed by atoms with Crippen LogP contribution in [0.3, 0.4) is 0 Å². The van der Waals surface area contributed by atoms with Gasteiger partial charge in [-0.3, -0.25) is 4.79 Å². The fourth-order valence-corrected chi connectivity index (χ4v) is 1.81. The molecule has 19 heavy (non-hydrogen) atoms. The molecule has 2 aromatic rings. The molecule has 0 fully saturated rings. The van der Waals surface area contributed by atoms with E-state index >= 15 is 0 Å².